The topological polar surface area (TPSA) is 41.9 Å². The highest BCUT2D eigenvalue weighted by molar-refractivity contribution is 5.27. The van der Waals surface area contributed by atoms with Crippen LogP contribution in [-0.2, 0) is 17.8 Å². The molecule has 1 atom stereocenters. The van der Waals surface area contributed by atoms with Gasteiger partial charge in [-0.15, -0.1) is 6.42 Å². The Bertz CT molecular complexity index is 649. The van der Waals surface area contributed by atoms with Gasteiger partial charge in [0, 0.05) is 19.6 Å². The molecule has 0 bridgehead atoms. The van der Waals surface area contributed by atoms with Crippen LogP contribution in [0.1, 0.15) is 11.1 Å². The summed E-state index contributed by atoms with van der Waals surface area (Å²) in [7, 11) is 1.66. The van der Waals surface area contributed by atoms with Crippen LogP contribution in [0.3, 0.4) is 0 Å². The number of ether oxygens (including phenoxy) is 2. The van der Waals surface area contributed by atoms with E-state index in [4.69, 9.17) is 15.9 Å². The summed E-state index contributed by atoms with van der Waals surface area (Å²) < 4.78 is 10.4. The number of terminal acetylenes is 1. The molecule has 0 spiro atoms. The van der Waals surface area contributed by atoms with Gasteiger partial charge in [0.05, 0.1) is 19.8 Å². The van der Waals surface area contributed by atoms with Gasteiger partial charge in [-0.2, -0.15) is 0 Å². The Morgan fingerprint density at radius 1 is 1.04 bits per heavy atom. The fraction of sp³-hybridized carbons (Fsp3) is 0.333. The Morgan fingerprint density at radius 3 is 2.28 bits per heavy atom. The minimum absolute atomic E-state index is 0.216. The average molecular weight is 339 g/mol. The molecule has 25 heavy (non-hydrogen) atoms. The van der Waals surface area contributed by atoms with Crippen LogP contribution in [0.2, 0.25) is 0 Å². The summed E-state index contributed by atoms with van der Waals surface area (Å²) in [5.41, 5.74) is 2.36. The molecule has 0 heterocycles. The van der Waals surface area contributed by atoms with Crippen LogP contribution in [0.5, 0.6) is 5.75 Å². The molecule has 0 saturated heterocycles. The molecule has 2 aromatic carbocycles. The summed E-state index contributed by atoms with van der Waals surface area (Å²) in [6.45, 7) is 2.43. The molecule has 0 saturated carbocycles. The number of aliphatic hydroxyl groups excluding tert-OH is 1. The van der Waals surface area contributed by atoms with E-state index in [-0.39, 0.29) is 13.2 Å². The molecule has 2 aromatic rings. The molecule has 0 unspecified atom stereocenters. The van der Waals surface area contributed by atoms with Crippen molar-refractivity contribution < 1.29 is 14.6 Å². The van der Waals surface area contributed by atoms with Crippen molar-refractivity contribution in [3.8, 4) is 18.1 Å². The highest BCUT2D eigenvalue weighted by Gasteiger charge is 2.13. The second kappa shape index (κ2) is 10.5. The monoisotopic (exact) mass is 339 g/mol. The fourth-order valence-corrected chi connectivity index (χ4v) is 2.62. The molecule has 0 aliphatic heterocycles. The Morgan fingerprint density at radius 2 is 1.68 bits per heavy atom. The number of methoxy groups -OCH3 is 1. The van der Waals surface area contributed by atoms with Crippen molar-refractivity contribution in [3.05, 3.63) is 65.7 Å². The van der Waals surface area contributed by atoms with Crippen LogP contribution < -0.4 is 4.74 Å². The zero-order chi connectivity index (χ0) is 17.9. The Kier molecular flexibility index (Phi) is 8.00. The van der Waals surface area contributed by atoms with Gasteiger partial charge in [-0.3, -0.25) is 4.90 Å². The molecule has 4 heteroatoms. The molecule has 0 aromatic heterocycles. The van der Waals surface area contributed by atoms with E-state index < -0.39 is 6.10 Å². The van der Waals surface area contributed by atoms with Crippen LogP contribution in [0.15, 0.2) is 54.6 Å². The van der Waals surface area contributed by atoms with E-state index in [1.165, 1.54) is 5.56 Å². The van der Waals surface area contributed by atoms with Gasteiger partial charge in [0.2, 0.25) is 0 Å². The van der Waals surface area contributed by atoms with Crippen molar-refractivity contribution >= 4 is 0 Å². The third-order valence-electron chi connectivity index (χ3n) is 3.78. The van der Waals surface area contributed by atoms with Crippen molar-refractivity contribution in [2.75, 3.05) is 26.9 Å². The highest BCUT2D eigenvalue weighted by atomic mass is 16.5. The van der Waals surface area contributed by atoms with Crippen molar-refractivity contribution in [1.29, 1.82) is 0 Å². The summed E-state index contributed by atoms with van der Waals surface area (Å²) in [6, 6.07) is 18.2. The fourth-order valence-electron chi connectivity index (χ4n) is 2.62. The van der Waals surface area contributed by atoms with E-state index >= 15 is 0 Å². The second-order valence-corrected chi connectivity index (χ2v) is 5.88. The maximum Gasteiger partial charge on any atom is 0.118 e. The van der Waals surface area contributed by atoms with E-state index in [0.29, 0.717) is 6.54 Å². The Hall–Kier alpha value is -2.32. The molecule has 0 aliphatic carbocycles. The molecule has 0 amide bonds. The number of hydrogen-bond donors (Lipinski definition) is 1. The Labute approximate surface area is 150 Å². The molecule has 2 rings (SSSR count). The summed E-state index contributed by atoms with van der Waals surface area (Å²) >= 11 is 0. The second-order valence-electron chi connectivity index (χ2n) is 5.88. The first-order chi connectivity index (χ1) is 12.2. The number of hydrogen-bond acceptors (Lipinski definition) is 4. The SMILES string of the molecule is C#CCOC[C@@H](O)CN(Cc1ccccc1)Cc1ccc(OC)cc1. The van der Waals surface area contributed by atoms with Gasteiger partial charge in [-0.05, 0) is 23.3 Å². The molecule has 0 fully saturated rings. The van der Waals surface area contributed by atoms with Gasteiger partial charge in [0.1, 0.15) is 12.4 Å². The minimum Gasteiger partial charge on any atom is -0.497 e. The van der Waals surface area contributed by atoms with E-state index in [0.717, 1.165) is 24.4 Å². The summed E-state index contributed by atoms with van der Waals surface area (Å²) in [5.74, 6) is 3.24. The van der Waals surface area contributed by atoms with Gasteiger partial charge in [0.25, 0.3) is 0 Å². The van der Waals surface area contributed by atoms with E-state index in [9.17, 15) is 5.11 Å². The molecule has 0 aliphatic rings. The largest absolute Gasteiger partial charge is 0.497 e. The van der Waals surface area contributed by atoms with E-state index in [1.807, 2.05) is 42.5 Å². The average Bonchev–Trinajstić information content (AvgIpc) is 2.63. The predicted octanol–water partition coefficient (Wildman–Crippen LogP) is 2.71. The number of benzene rings is 2. The van der Waals surface area contributed by atoms with Gasteiger partial charge in [-0.1, -0.05) is 48.4 Å². The smallest absolute Gasteiger partial charge is 0.118 e. The lowest BCUT2D eigenvalue weighted by Gasteiger charge is -2.25. The van der Waals surface area contributed by atoms with Gasteiger partial charge >= 0.3 is 0 Å². The van der Waals surface area contributed by atoms with Crippen LogP contribution in [-0.4, -0.2) is 43.0 Å². The summed E-state index contributed by atoms with van der Waals surface area (Å²) in [4.78, 5) is 2.20. The third-order valence-corrected chi connectivity index (χ3v) is 3.78. The van der Waals surface area contributed by atoms with E-state index in [1.54, 1.807) is 7.11 Å². The molecular formula is C21H25NO3. The summed E-state index contributed by atoms with van der Waals surface area (Å²) in [6.07, 6.45) is 4.58. The molecular weight excluding hydrogens is 314 g/mol. The van der Waals surface area contributed by atoms with Crippen LogP contribution in [0.25, 0.3) is 0 Å². The van der Waals surface area contributed by atoms with Gasteiger partial charge < -0.3 is 14.6 Å². The normalized spacial score (nSPS) is 11.9. The van der Waals surface area contributed by atoms with Crippen LogP contribution in [0, 0.1) is 12.3 Å². The van der Waals surface area contributed by atoms with Gasteiger partial charge in [-0.25, -0.2) is 0 Å². The lowest BCUT2D eigenvalue weighted by molar-refractivity contribution is 0.0243. The van der Waals surface area contributed by atoms with Crippen molar-refractivity contribution in [2.24, 2.45) is 0 Å². The van der Waals surface area contributed by atoms with Crippen molar-refractivity contribution in [1.82, 2.24) is 4.90 Å². The first kappa shape index (κ1) is 19.0. The molecule has 0 radical (unpaired) electrons. The number of nitrogens with zero attached hydrogens (tertiary/aromatic N) is 1. The number of rotatable bonds is 10. The highest BCUT2D eigenvalue weighted by Crippen LogP contribution is 2.15. The molecule has 132 valence electrons. The zero-order valence-electron chi connectivity index (χ0n) is 14.6. The van der Waals surface area contributed by atoms with Gasteiger partial charge in [0.15, 0.2) is 0 Å². The first-order valence-corrected chi connectivity index (χ1v) is 8.29. The van der Waals surface area contributed by atoms with E-state index in [2.05, 4.69) is 23.0 Å². The molecule has 4 nitrogen and oxygen atoms in total. The third kappa shape index (κ3) is 6.98. The van der Waals surface area contributed by atoms with Crippen molar-refractivity contribution in [2.45, 2.75) is 19.2 Å². The molecule has 1 N–H and O–H groups in total. The maximum absolute atomic E-state index is 10.2. The lowest BCUT2D eigenvalue weighted by atomic mass is 10.1. The predicted molar refractivity (Wildman–Crippen MR) is 99.2 cm³/mol. The van der Waals surface area contributed by atoms with Crippen molar-refractivity contribution in [3.63, 3.8) is 0 Å². The summed E-state index contributed by atoms with van der Waals surface area (Å²) in [5, 5.41) is 10.2. The number of aliphatic hydroxyl groups is 1. The maximum atomic E-state index is 10.2. The van der Waals surface area contributed by atoms with Crippen LogP contribution in [0.4, 0.5) is 0 Å². The quantitative estimate of drug-likeness (QED) is 0.534. The Balaban J connectivity index is 2.01. The van der Waals surface area contributed by atoms with Crippen LogP contribution >= 0.6 is 0 Å². The zero-order valence-corrected chi connectivity index (χ0v) is 14.6. The lowest BCUT2D eigenvalue weighted by Crippen LogP contribution is -2.34. The standard InChI is InChI=1S/C21H25NO3/c1-3-13-25-17-20(23)16-22(14-18-7-5-4-6-8-18)15-19-9-11-21(24-2)12-10-19/h1,4-12,20,23H,13-17H2,2H3/t20-/m0/s1. The minimum atomic E-state index is -0.588. The first-order valence-electron chi connectivity index (χ1n) is 8.29.